The Balaban J connectivity index is 2.79. The lowest BCUT2D eigenvalue weighted by Crippen LogP contribution is -2.32. The standard InChI is InChI=1S/C11H16N2O3/c1-2-13(7-4-8-14)11(16)10-9(15)5-3-6-12-10/h3,5-6,14-15H,2,4,7-8H2,1H3. The van der Waals surface area contributed by atoms with E-state index in [0.29, 0.717) is 19.5 Å². The van der Waals surface area contributed by atoms with Gasteiger partial charge in [0.2, 0.25) is 0 Å². The lowest BCUT2D eigenvalue weighted by molar-refractivity contribution is 0.0745. The maximum Gasteiger partial charge on any atom is 0.276 e. The van der Waals surface area contributed by atoms with Crippen LogP contribution in [0.1, 0.15) is 23.8 Å². The molecule has 0 saturated heterocycles. The minimum atomic E-state index is -0.311. The number of nitrogens with zero attached hydrogens (tertiary/aromatic N) is 2. The summed E-state index contributed by atoms with van der Waals surface area (Å²) in [6, 6.07) is 3.00. The highest BCUT2D eigenvalue weighted by Gasteiger charge is 2.18. The molecule has 5 heteroatoms. The highest BCUT2D eigenvalue weighted by atomic mass is 16.3. The number of aliphatic hydroxyl groups is 1. The predicted octanol–water partition coefficient (Wildman–Crippen LogP) is 0.632. The molecule has 2 N–H and O–H groups in total. The second-order valence-corrected chi connectivity index (χ2v) is 3.33. The average molecular weight is 224 g/mol. The van der Waals surface area contributed by atoms with Gasteiger partial charge >= 0.3 is 0 Å². The Labute approximate surface area is 94.4 Å². The maximum absolute atomic E-state index is 11.9. The fourth-order valence-corrected chi connectivity index (χ4v) is 1.38. The minimum absolute atomic E-state index is 0.0397. The zero-order chi connectivity index (χ0) is 12.0. The summed E-state index contributed by atoms with van der Waals surface area (Å²) in [4.78, 5) is 17.3. The monoisotopic (exact) mass is 224 g/mol. The number of aliphatic hydroxyl groups excluding tert-OH is 1. The largest absolute Gasteiger partial charge is 0.505 e. The van der Waals surface area contributed by atoms with Gasteiger partial charge in [0.1, 0.15) is 5.75 Å². The predicted molar refractivity (Wildman–Crippen MR) is 59.2 cm³/mol. The summed E-state index contributed by atoms with van der Waals surface area (Å²) in [5.41, 5.74) is 0.0577. The fraction of sp³-hybridized carbons (Fsp3) is 0.455. The molecule has 0 radical (unpaired) electrons. The molecular formula is C11H16N2O3. The summed E-state index contributed by atoms with van der Waals surface area (Å²) in [5.74, 6) is -0.427. The second kappa shape index (κ2) is 6.07. The van der Waals surface area contributed by atoms with E-state index < -0.39 is 0 Å². The van der Waals surface area contributed by atoms with Crippen molar-refractivity contribution in [3.8, 4) is 5.75 Å². The van der Waals surface area contributed by atoms with Gasteiger partial charge in [0, 0.05) is 25.9 Å². The van der Waals surface area contributed by atoms with Gasteiger partial charge in [-0.2, -0.15) is 0 Å². The first kappa shape index (κ1) is 12.4. The van der Waals surface area contributed by atoms with Gasteiger partial charge in [-0.1, -0.05) is 0 Å². The first-order chi connectivity index (χ1) is 7.70. The van der Waals surface area contributed by atoms with Gasteiger partial charge < -0.3 is 15.1 Å². The van der Waals surface area contributed by atoms with Crippen molar-refractivity contribution in [2.75, 3.05) is 19.7 Å². The molecular weight excluding hydrogens is 208 g/mol. The number of carbonyl (C=O) groups is 1. The molecule has 0 fully saturated rings. The van der Waals surface area contributed by atoms with Gasteiger partial charge in [0.15, 0.2) is 5.69 Å². The Kier molecular flexibility index (Phi) is 4.72. The summed E-state index contributed by atoms with van der Waals surface area (Å²) in [6.07, 6.45) is 1.99. The normalized spacial score (nSPS) is 10.1. The molecule has 1 amide bonds. The number of carbonyl (C=O) groups excluding carboxylic acids is 1. The van der Waals surface area contributed by atoms with Crippen molar-refractivity contribution >= 4 is 5.91 Å². The van der Waals surface area contributed by atoms with Crippen molar-refractivity contribution in [1.82, 2.24) is 9.88 Å². The third kappa shape index (κ3) is 2.93. The fourth-order valence-electron chi connectivity index (χ4n) is 1.38. The Morgan fingerprint density at radius 1 is 1.56 bits per heavy atom. The van der Waals surface area contributed by atoms with Crippen LogP contribution in [0.15, 0.2) is 18.3 Å². The Morgan fingerprint density at radius 2 is 2.31 bits per heavy atom. The molecule has 0 unspecified atom stereocenters. The Morgan fingerprint density at radius 3 is 2.88 bits per heavy atom. The van der Waals surface area contributed by atoms with Crippen LogP contribution in [0.2, 0.25) is 0 Å². The lowest BCUT2D eigenvalue weighted by Gasteiger charge is -2.20. The number of aromatic nitrogens is 1. The van der Waals surface area contributed by atoms with Gasteiger partial charge in [0.25, 0.3) is 5.91 Å². The van der Waals surface area contributed by atoms with Crippen molar-refractivity contribution in [2.24, 2.45) is 0 Å². The molecule has 1 aromatic heterocycles. The van der Waals surface area contributed by atoms with E-state index in [1.165, 1.54) is 17.2 Å². The third-order valence-corrected chi connectivity index (χ3v) is 2.24. The van der Waals surface area contributed by atoms with E-state index in [0.717, 1.165) is 0 Å². The molecule has 0 aliphatic rings. The molecule has 1 aromatic rings. The van der Waals surface area contributed by atoms with Crippen molar-refractivity contribution < 1.29 is 15.0 Å². The van der Waals surface area contributed by atoms with E-state index in [2.05, 4.69) is 4.98 Å². The molecule has 0 spiro atoms. The second-order valence-electron chi connectivity index (χ2n) is 3.33. The van der Waals surface area contributed by atoms with Crippen molar-refractivity contribution in [3.05, 3.63) is 24.0 Å². The van der Waals surface area contributed by atoms with Crippen LogP contribution in [-0.2, 0) is 0 Å². The highest BCUT2D eigenvalue weighted by Crippen LogP contribution is 2.14. The maximum atomic E-state index is 11.9. The van der Waals surface area contributed by atoms with Crippen LogP contribution < -0.4 is 0 Å². The van der Waals surface area contributed by atoms with Crippen LogP contribution in [0, 0.1) is 0 Å². The van der Waals surface area contributed by atoms with E-state index in [1.807, 2.05) is 6.92 Å². The molecule has 0 bridgehead atoms. The number of aromatic hydroxyl groups is 1. The van der Waals surface area contributed by atoms with Crippen LogP contribution in [0.3, 0.4) is 0 Å². The molecule has 5 nitrogen and oxygen atoms in total. The first-order valence-electron chi connectivity index (χ1n) is 5.24. The zero-order valence-electron chi connectivity index (χ0n) is 9.26. The molecule has 1 rings (SSSR count). The highest BCUT2D eigenvalue weighted by molar-refractivity contribution is 5.94. The Hall–Kier alpha value is -1.62. The van der Waals surface area contributed by atoms with E-state index in [9.17, 15) is 9.90 Å². The molecule has 88 valence electrons. The lowest BCUT2D eigenvalue weighted by atomic mass is 10.2. The van der Waals surface area contributed by atoms with Crippen LogP contribution >= 0.6 is 0 Å². The van der Waals surface area contributed by atoms with Gasteiger partial charge in [-0.3, -0.25) is 4.79 Å². The summed E-state index contributed by atoms with van der Waals surface area (Å²) in [5, 5.41) is 18.2. The van der Waals surface area contributed by atoms with Crippen molar-refractivity contribution in [3.63, 3.8) is 0 Å². The molecule has 1 heterocycles. The summed E-state index contributed by atoms with van der Waals surface area (Å²) in [7, 11) is 0. The van der Waals surface area contributed by atoms with Crippen molar-refractivity contribution in [1.29, 1.82) is 0 Å². The van der Waals surface area contributed by atoms with Crippen molar-refractivity contribution in [2.45, 2.75) is 13.3 Å². The van der Waals surface area contributed by atoms with Crippen LogP contribution in [-0.4, -0.2) is 45.7 Å². The molecule has 0 aliphatic carbocycles. The van der Waals surface area contributed by atoms with Crippen LogP contribution in [0.5, 0.6) is 5.75 Å². The number of hydrogen-bond donors (Lipinski definition) is 2. The number of amides is 1. The average Bonchev–Trinajstić information content (AvgIpc) is 2.30. The van der Waals surface area contributed by atoms with Crippen LogP contribution in [0.25, 0.3) is 0 Å². The smallest absolute Gasteiger partial charge is 0.276 e. The Bertz CT molecular complexity index is 355. The zero-order valence-corrected chi connectivity index (χ0v) is 9.26. The van der Waals surface area contributed by atoms with Gasteiger partial charge in [-0.15, -0.1) is 0 Å². The van der Waals surface area contributed by atoms with Gasteiger partial charge in [-0.25, -0.2) is 4.98 Å². The van der Waals surface area contributed by atoms with Gasteiger partial charge in [0.05, 0.1) is 0 Å². The van der Waals surface area contributed by atoms with E-state index in [1.54, 1.807) is 6.07 Å². The van der Waals surface area contributed by atoms with Gasteiger partial charge in [-0.05, 0) is 25.5 Å². The molecule has 0 saturated carbocycles. The van der Waals surface area contributed by atoms with E-state index in [4.69, 9.17) is 5.11 Å². The topological polar surface area (TPSA) is 73.7 Å². The number of rotatable bonds is 5. The molecule has 16 heavy (non-hydrogen) atoms. The summed E-state index contributed by atoms with van der Waals surface area (Å²) >= 11 is 0. The van der Waals surface area contributed by atoms with E-state index >= 15 is 0 Å². The molecule has 0 aliphatic heterocycles. The first-order valence-corrected chi connectivity index (χ1v) is 5.24. The quantitative estimate of drug-likeness (QED) is 0.769. The molecule has 0 atom stereocenters. The van der Waals surface area contributed by atoms with E-state index in [-0.39, 0.29) is 24.0 Å². The van der Waals surface area contributed by atoms with Crippen LogP contribution in [0.4, 0.5) is 0 Å². The number of hydrogen-bond acceptors (Lipinski definition) is 4. The summed E-state index contributed by atoms with van der Waals surface area (Å²) in [6.45, 7) is 2.87. The molecule has 0 aromatic carbocycles. The minimum Gasteiger partial charge on any atom is -0.505 e. The third-order valence-electron chi connectivity index (χ3n) is 2.24. The summed E-state index contributed by atoms with van der Waals surface area (Å²) < 4.78 is 0. The SMILES string of the molecule is CCN(CCCO)C(=O)c1ncccc1O. The number of pyridine rings is 1.